The first-order valence-electron chi connectivity index (χ1n) is 28.1. The molecule has 4 radical (unpaired) electrons. The van der Waals surface area contributed by atoms with Crippen LogP contribution in [0.25, 0.3) is 83.5 Å². The summed E-state index contributed by atoms with van der Waals surface area (Å²) in [5, 5.41) is 20.2. The van der Waals surface area contributed by atoms with Gasteiger partial charge in [-0.25, -0.2) is 9.78 Å². The Morgan fingerprint density at radius 3 is 1.58 bits per heavy atom. The summed E-state index contributed by atoms with van der Waals surface area (Å²) in [6.45, 7) is 11.7. The van der Waals surface area contributed by atoms with Crippen LogP contribution in [0, 0.1) is 49.7 Å². The number of aromatic carboxylic acids is 1. The number of aromatic nitrogens is 6. The third kappa shape index (κ3) is 22.0. The SMILES string of the molecule is C.CC(=O)C=C(C)O.Cc1ccccc1-c1cc[c-]c2c1c1ccccc1n1c(-c3ccc(C(C)C)cc3C)cnc21.Fc1c[c-]c(-c2ccccn2)c(F)c1.O=C(O)c1ccccn1.[Ir].[Os+].[Rh].[Rh].[c-]1ccccc1-c1ccccn1.[c-]1ccccc1-c1ccccn1. The van der Waals surface area contributed by atoms with Gasteiger partial charge in [0.2, 0.25) is 0 Å². The average Bonchev–Trinajstić information content (AvgIpc) is 1.69. The minimum absolute atomic E-state index is 0. The molecule has 0 spiro atoms. The summed E-state index contributed by atoms with van der Waals surface area (Å²) in [6.07, 6.45) is 9.76. The number of para-hydroxylation sites is 1. The van der Waals surface area contributed by atoms with Crippen LogP contribution in [-0.2, 0) is 83.6 Å². The number of carbonyl (C=O) groups excluding carboxylic acids is 1. The molecule has 6 heterocycles. The molecule has 0 fully saturated rings. The zero-order valence-electron chi connectivity index (χ0n) is 50.8. The van der Waals surface area contributed by atoms with Crippen molar-refractivity contribution in [2.24, 2.45) is 0 Å². The van der Waals surface area contributed by atoms with E-state index < -0.39 is 17.6 Å². The number of carbonyl (C=O) groups is 2. The Morgan fingerprint density at radius 2 is 1.11 bits per heavy atom. The fourth-order valence-corrected chi connectivity index (χ4v) is 9.31. The smallest absolute Gasteiger partial charge is 0.512 e. The van der Waals surface area contributed by atoms with E-state index in [1.807, 2.05) is 97.2 Å². The third-order valence-electron chi connectivity index (χ3n) is 13.4. The van der Waals surface area contributed by atoms with Crippen molar-refractivity contribution in [3.05, 3.63) is 313 Å². The number of pyridine rings is 5. The fraction of sp³-hybridized carbons (Fsp3) is 0.104. The Labute approximate surface area is 595 Å². The first-order chi connectivity index (χ1) is 42.7. The Morgan fingerprint density at radius 1 is 0.559 bits per heavy atom. The summed E-state index contributed by atoms with van der Waals surface area (Å²) >= 11 is 0. The van der Waals surface area contributed by atoms with E-state index in [0.717, 1.165) is 51.4 Å². The normalized spacial score (nSPS) is 10.1. The number of carboxylic acids is 1. The number of ketones is 1. The molecule has 0 bridgehead atoms. The maximum Gasteiger partial charge on any atom is 1.00 e. The zero-order chi connectivity index (χ0) is 62.4. The van der Waals surface area contributed by atoms with E-state index >= 15 is 0 Å². The van der Waals surface area contributed by atoms with Gasteiger partial charge in [-0.3, -0.25) is 18.6 Å². The number of halogens is 2. The van der Waals surface area contributed by atoms with Crippen LogP contribution in [0.4, 0.5) is 8.78 Å². The topological polar surface area (TPSA) is 143 Å². The number of allylic oxidation sites excluding steroid dienone is 2. The molecule has 0 saturated heterocycles. The van der Waals surface area contributed by atoms with Crippen molar-refractivity contribution in [2.75, 3.05) is 0 Å². The van der Waals surface area contributed by atoms with E-state index in [0.29, 0.717) is 11.6 Å². The maximum atomic E-state index is 13.2. The zero-order valence-corrected chi connectivity index (χ0v) is 59.0. The quantitative estimate of drug-likeness (QED) is 0.0500. The van der Waals surface area contributed by atoms with Crippen molar-refractivity contribution in [2.45, 2.75) is 54.9 Å². The van der Waals surface area contributed by atoms with Crippen molar-refractivity contribution in [1.82, 2.24) is 29.3 Å². The third-order valence-corrected chi connectivity index (χ3v) is 13.4. The van der Waals surface area contributed by atoms with Gasteiger partial charge in [-0.1, -0.05) is 152 Å². The summed E-state index contributed by atoms with van der Waals surface area (Å²) in [6, 6.07) is 79.8. The first-order valence-corrected chi connectivity index (χ1v) is 28.1. The van der Waals surface area contributed by atoms with Crippen LogP contribution in [0.1, 0.15) is 68.2 Å². The van der Waals surface area contributed by atoms with Crippen LogP contribution in [0.3, 0.4) is 0 Å². The summed E-state index contributed by atoms with van der Waals surface area (Å²) < 4.78 is 28.1. The van der Waals surface area contributed by atoms with Crippen molar-refractivity contribution in [3.8, 4) is 56.2 Å². The molecule has 6 aromatic heterocycles. The number of hydrogen-bond donors (Lipinski definition) is 2. The Bertz CT molecular complexity index is 4290. The van der Waals surface area contributed by atoms with Crippen molar-refractivity contribution < 1.29 is 107 Å². The number of hydrogen-bond acceptors (Lipinski definition) is 8. The average molecular weight is 1770 g/mol. The number of carboxylic acid groups (broad SMARTS) is 1. The van der Waals surface area contributed by atoms with Gasteiger partial charge in [0.15, 0.2) is 5.78 Å². The fourth-order valence-electron chi connectivity index (χ4n) is 9.31. The van der Waals surface area contributed by atoms with Gasteiger partial charge in [0.05, 0.1) is 17.1 Å². The largest absolute Gasteiger partial charge is 1.00 e. The molecular formula is C77H66F2IrN6O4OsRh2-3. The predicted octanol–water partition coefficient (Wildman–Crippen LogP) is 18.9. The molecule has 93 heavy (non-hydrogen) atoms. The molecule has 480 valence electrons. The molecule has 2 N–H and O–H groups in total. The molecular weight excluding hydrogens is 1700 g/mol. The van der Waals surface area contributed by atoms with Crippen LogP contribution < -0.4 is 0 Å². The second-order valence-electron chi connectivity index (χ2n) is 20.2. The molecule has 16 heteroatoms. The van der Waals surface area contributed by atoms with Gasteiger partial charge in [0.25, 0.3) is 0 Å². The minimum atomic E-state index is -0.990. The molecule has 7 aromatic carbocycles. The second-order valence-corrected chi connectivity index (χ2v) is 20.2. The molecule has 0 aliphatic carbocycles. The van der Waals surface area contributed by atoms with E-state index in [4.69, 9.17) is 15.2 Å². The summed E-state index contributed by atoms with van der Waals surface area (Å²) in [7, 11) is 0. The Balaban J connectivity index is 0.000000320. The van der Waals surface area contributed by atoms with Gasteiger partial charge >= 0.3 is 25.8 Å². The molecule has 10 nitrogen and oxygen atoms in total. The number of rotatable bonds is 8. The van der Waals surface area contributed by atoms with E-state index in [9.17, 15) is 18.4 Å². The van der Waals surface area contributed by atoms with Gasteiger partial charge in [0.1, 0.15) is 5.69 Å². The molecule has 0 atom stereocenters. The number of nitrogens with zero attached hydrogens (tertiary/aromatic N) is 6. The molecule has 13 aromatic rings. The number of aryl methyl sites for hydroxylation is 2. The van der Waals surface area contributed by atoms with Crippen molar-refractivity contribution in [1.29, 1.82) is 0 Å². The second kappa shape index (κ2) is 39.7. The maximum absolute atomic E-state index is 13.2. The van der Waals surface area contributed by atoms with Crippen LogP contribution in [-0.4, -0.2) is 51.3 Å². The molecule has 0 aliphatic heterocycles. The van der Waals surface area contributed by atoms with Gasteiger partial charge in [-0.05, 0) is 115 Å². The molecule has 0 aliphatic rings. The van der Waals surface area contributed by atoms with Crippen LogP contribution in [0.5, 0.6) is 0 Å². The van der Waals surface area contributed by atoms with Crippen LogP contribution >= 0.6 is 0 Å². The number of fused-ring (bicyclic) bond motifs is 6. The van der Waals surface area contributed by atoms with E-state index in [2.05, 4.69) is 149 Å². The van der Waals surface area contributed by atoms with E-state index in [1.54, 1.807) is 48.9 Å². The molecule has 0 saturated carbocycles. The van der Waals surface area contributed by atoms with Gasteiger partial charge < -0.3 is 29.6 Å². The number of aliphatic hydroxyl groups excluding tert-OH is 1. The monoisotopic (exact) mass is 1770 g/mol. The number of imidazole rings is 1. The van der Waals surface area contributed by atoms with Crippen LogP contribution in [0.2, 0.25) is 0 Å². The van der Waals surface area contributed by atoms with Gasteiger partial charge in [-0.2, -0.15) is 0 Å². The minimum Gasteiger partial charge on any atom is -0.512 e. The van der Waals surface area contributed by atoms with E-state index in [1.165, 1.54) is 81.9 Å². The van der Waals surface area contributed by atoms with Gasteiger partial charge in [-0.15, -0.1) is 102 Å². The van der Waals surface area contributed by atoms with Gasteiger partial charge in [0, 0.05) is 119 Å². The molecule has 0 amide bonds. The number of aliphatic hydroxyl groups is 1. The molecule has 13 rings (SSSR count). The Kier molecular flexibility index (Phi) is 33.6. The van der Waals surface area contributed by atoms with Crippen molar-refractivity contribution >= 4 is 39.1 Å². The Hall–Kier alpha value is -8.58. The molecule has 0 unspecified atom stereocenters. The standard InChI is InChI=1S/C32H27N2.C11H6F2N.2C11H8N.C6H5NO2.C5H8O2.CH4.Ir.Os.2Rh/c1-20(2)23-16-17-25(22(4)18-23)30-19-33-32-28-14-9-13-26(24-11-6-5-10-21(24)3)31(28)27-12-7-8-15-29(27)34(30)32;12-8-4-5-9(10(13)7-8)11-3-1-2-6-14-11;2*1-2-6-10(7-3-1)11-8-4-5-9-12-11;8-6(9)5-3-1-2-4-7-5;1-4(6)3-5(2)7;;;;;/h5-13,15-20H,1-4H3;1-4,6-7H;2*1-6,8-9H;1-4H,(H,8,9);3,6H,1-2H3;1H4;;;;/q4*-1;;;;;+1;;. The summed E-state index contributed by atoms with van der Waals surface area (Å²) in [4.78, 5) is 41.1. The summed E-state index contributed by atoms with van der Waals surface area (Å²) in [5.41, 5.74) is 15.6. The van der Waals surface area contributed by atoms with Crippen molar-refractivity contribution in [3.63, 3.8) is 0 Å². The van der Waals surface area contributed by atoms with E-state index in [-0.39, 0.29) is 109 Å². The number of benzene rings is 7. The predicted molar refractivity (Wildman–Crippen MR) is 354 cm³/mol. The van der Waals surface area contributed by atoms with Crippen LogP contribution in [0.15, 0.2) is 255 Å². The first kappa shape index (κ1) is 78.7. The summed E-state index contributed by atoms with van der Waals surface area (Å²) in [5.74, 6) is -1.83.